The van der Waals surface area contributed by atoms with Crippen LogP contribution in [0.15, 0.2) is 29.4 Å². The van der Waals surface area contributed by atoms with Gasteiger partial charge >= 0.3 is 0 Å². The van der Waals surface area contributed by atoms with Crippen LogP contribution in [0.5, 0.6) is 0 Å². The zero-order valence-corrected chi connectivity index (χ0v) is 6.12. The van der Waals surface area contributed by atoms with E-state index in [1.165, 1.54) is 25.5 Å². The van der Waals surface area contributed by atoms with E-state index in [9.17, 15) is 4.39 Å². The van der Waals surface area contributed by atoms with Crippen molar-refractivity contribution >= 4 is 6.21 Å². The molecule has 1 rings (SSSR count). The van der Waals surface area contributed by atoms with E-state index in [-0.39, 0.29) is 5.82 Å². The molecule has 0 saturated carbocycles. The number of halogens is 1. The van der Waals surface area contributed by atoms with Crippen molar-refractivity contribution in [2.75, 3.05) is 7.11 Å². The molecule has 0 radical (unpaired) electrons. The molecule has 11 heavy (non-hydrogen) atoms. The van der Waals surface area contributed by atoms with Crippen LogP contribution in [0.1, 0.15) is 5.56 Å². The molecule has 0 heterocycles. The van der Waals surface area contributed by atoms with Crippen molar-refractivity contribution in [3.8, 4) is 0 Å². The Morgan fingerprint density at radius 1 is 1.55 bits per heavy atom. The van der Waals surface area contributed by atoms with Crippen molar-refractivity contribution in [2.24, 2.45) is 5.16 Å². The summed E-state index contributed by atoms with van der Waals surface area (Å²) in [6.45, 7) is 0. The second kappa shape index (κ2) is 3.71. The average molecular weight is 153 g/mol. The lowest BCUT2D eigenvalue weighted by Crippen LogP contribution is -1.82. The highest BCUT2D eigenvalue weighted by Gasteiger charge is 1.89. The van der Waals surface area contributed by atoms with Gasteiger partial charge in [-0.25, -0.2) is 4.39 Å². The molecule has 0 unspecified atom stereocenters. The fraction of sp³-hybridized carbons (Fsp3) is 0.125. The quantitative estimate of drug-likeness (QED) is 0.469. The molecule has 0 spiro atoms. The Bertz CT molecular complexity index is 260. The summed E-state index contributed by atoms with van der Waals surface area (Å²) in [6, 6.07) is 6.12. The minimum absolute atomic E-state index is 0.273. The maximum atomic E-state index is 12.5. The number of oxime groups is 1. The minimum atomic E-state index is -0.273. The summed E-state index contributed by atoms with van der Waals surface area (Å²) in [4.78, 5) is 4.43. The van der Waals surface area contributed by atoms with Crippen LogP contribution in [0.3, 0.4) is 0 Å². The molecule has 58 valence electrons. The smallest absolute Gasteiger partial charge is 0.123 e. The summed E-state index contributed by atoms with van der Waals surface area (Å²) in [7, 11) is 1.44. The fourth-order valence-corrected chi connectivity index (χ4v) is 0.700. The largest absolute Gasteiger partial charge is 0.399 e. The Labute approximate surface area is 64.3 Å². The highest BCUT2D eigenvalue weighted by Crippen LogP contribution is 2.00. The topological polar surface area (TPSA) is 21.6 Å². The van der Waals surface area contributed by atoms with E-state index in [2.05, 4.69) is 9.99 Å². The molecule has 0 fully saturated rings. The molecule has 0 saturated heterocycles. The van der Waals surface area contributed by atoms with E-state index >= 15 is 0 Å². The maximum Gasteiger partial charge on any atom is 0.123 e. The lowest BCUT2D eigenvalue weighted by molar-refractivity contribution is 0.215. The number of benzene rings is 1. The van der Waals surface area contributed by atoms with Gasteiger partial charge in [0.05, 0.1) is 6.21 Å². The second-order valence-electron chi connectivity index (χ2n) is 1.97. The summed E-state index contributed by atoms with van der Waals surface area (Å²) in [5.41, 5.74) is 0.687. The van der Waals surface area contributed by atoms with Gasteiger partial charge in [0.2, 0.25) is 0 Å². The molecule has 0 bridgehead atoms. The lowest BCUT2D eigenvalue weighted by atomic mass is 10.2. The first-order valence-corrected chi connectivity index (χ1v) is 3.15. The average Bonchev–Trinajstić information content (AvgIpc) is 2.01. The van der Waals surface area contributed by atoms with Crippen LogP contribution in [0.4, 0.5) is 4.39 Å². The van der Waals surface area contributed by atoms with Gasteiger partial charge in [0.15, 0.2) is 0 Å². The van der Waals surface area contributed by atoms with Crippen LogP contribution in [0.25, 0.3) is 0 Å². The Hall–Kier alpha value is -1.38. The van der Waals surface area contributed by atoms with Gasteiger partial charge in [-0.1, -0.05) is 17.3 Å². The Kier molecular flexibility index (Phi) is 2.60. The van der Waals surface area contributed by atoms with Crippen molar-refractivity contribution in [1.82, 2.24) is 0 Å². The van der Waals surface area contributed by atoms with E-state index in [0.717, 1.165) is 0 Å². The molecule has 0 N–H and O–H groups in total. The second-order valence-corrected chi connectivity index (χ2v) is 1.97. The molecule has 1 aromatic rings. The fourth-order valence-electron chi connectivity index (χ4n) is 0.700. The van der Waals surface area contributed by atoms with Gasteiger partial charge in [0.25, 0.3) is 0 Å². The molecule has 0 aromatic heterocycles. The summed E-state index contributed by atoms with van der Waals surface area (Å²) in [6.07, 6.45) is 1.45. The summed E-state index contributed by atoms with van der Waals surface area (Å²) in [5, 5.41) is 3.49. The molecule has 2 nitrogen and oxygen atoms in total. The molecule has 3 heteroatoms. The van der Waals surface area contributed by atoms with E-state index in [0.29, 0.717) is 5.56 Å². The third kappa shape index (κ3) is 2.37. The van der Waals surface area contributed by atoms with E-state index < -0.39 is 0 Å². The summed E-state index contributed by atoms with van der Waals surface area (Å²) < 4.78 is 12.5. The third-order valence-electron chi connectivity index (χ3n) is 1.16. The van der Waals surface area contributed by atoms with Crippen molar-refractivity contribution in [3.63, 3.8) is 0 Å². The molecule has 0 amide bonds. The third-order valence-corrected chi connectivity index (χ3v) is 1.16. The van der Waals surface area contributed by atoms with Crippen LogP contribution in [-0.2, 0) is 4.84 Å². The zero-order valence-electron chi connectivity index (χ0n) is 6.12. The van der Waals surface area contributed by atoms with Gasteiger partial charge in [-0.3, -0.25) is 0 Å². The maximum absolute atomic E-state index is 12.5. The minimum Gasteiger partial charge on any atom is -0.399 e. The predicted molar refractivity (Wildman–Crippen MR) is 41.0 cm³/mol. The van der Waals surface area contributed by atoms with Crippen LogP contribution in [-0.4, -0.2) is 13.3 Å². The highest BCUT2D eigenvalue weighted by atomic mass is 19.1. The van der Waals surface area contributed by atoms with Gasteiger partial charge in [0, 0.05) is 0 Å². The van der Waals surface area contributed by atoms with Crippen LogP contribution in [0.2, 0.25) is 0 Å². The van der Waals surface area contributed by atoms with Crippen molar-refractivity contribution < 1.29 is 9.23 Å². The monoisotopic (exact) mass is 153 g/mol. The van der Waals surface area contributed by atoms with Crippen LogP contribution >= 0.6 is 0 Å². The molecule has 0 aliphatic rings. The molecule has 0 aliphatic heterocycles. The summed E-state index contributed by atoms with van der Waals surface area (Å²) in [5.74, 6) is -0.273. The standard InChI is InChI=1S/C8H8FNO/c1-11-10-6-7-3-2-4-8(9)5-7/h2-6H,1H3/b10-6+. The normalized spacial score (nSPS) is 10.4. The molecule has 1 aromatic carbocycles. The van der Waals surface area contributed by atoms with E-state index in [4.69, 9.17) is 0 Å². The molecular weight excluding hydrogens is 145 g/mol. The van der Waals surface area contributed by atoms with Gasteiger partial charge in [-0.05, 0) is 17.7 Å². The number of rotatable bonds is 2. The van der Waals surface area contributed by atoms with Crippen LogP contribution < -0.4 is 0 Å². The first-order chi connectivity index (χ1) is 5.33. The van der Waals surface area contributed by atoms with Gasteiger partial charge in [-0.2, -0.15) is 0 Å². The van der Waals surface area contributed by atoms with Crippen molar-refractivity contribution in [1.29, 1.82) is 0 Å². The number of hydrogen-bond donors (Lipinski definition) is 0. The van der Waals surface area contributed by atoms with Gasteiger partial charge in [-0.15, -0.1) is 0 Å². The van der Waals surface area contributed by atoms with E-state index in [1.807, 2.05) is 0 Å². The number of nitrogens with zero attached hydrogens (tertiary/aromatic N) is 1. The Morgan fingerprint density at radius 3 is 3.00 bits per heavy atom. The molecule has 0 aliphatic carbocycles. The SMILES string of the molecule is CO/N=C/c1cccc(F)c1. The summed E-state index contributed by atoms with van der Waals surface area (Å²) >= 11 is 0. The Morgan fingerprint density at radius 2 is 2.36 bits per heavy atom. The molecule has 0 atom stereocenters. The van der Waals surface area contributed by atoms with Crippen molar-refractivity contribution in [3.05, 3.63) is 35.6 Å². The zero-order chi connectivity index (χ0) is 8.10. The first kappa shape index (κ1) is 7.72. The van der Waals surface area contributed by atoms with E-state index in [1.54, 1.807) is 12.1 Å². The number of hydrogen-bond acceptors (Lipinski definition) is 2. The highest BCUT2D eigenvalue weighted by molar-refractivity contribution is 5.78. The molecular formula is C8H8FNO. The predicted octanol–water partition coefficient (Wildman–Crippen LogP) is 1.81. The van der Waals surface area contributed by atoms with Crippen LogP contribution in [0, 0.1) is 5.82 Å². The lowest BCUT2D eigenvalue weighted by Gasteiger charge is -1.90. The van der Waals surface area contributed by atoms with Gasteiger partial charge < -0.3 is 4.84 Å². The van der Waals surface area contributed by atoms with Crippen molar-refractivity contribution in [2.45, 2.75) is 0 Å². The first-order valence-electron chi connectivity index (χ1n) is 3.15. The van der Waals surface area contributed by atoms with Gasteiger partial charge in [0.1, 0.15) is 12.9 Å². The Balaban J connectivity index is 2.79.